The van der Waals surface area contributed by atoms with E-state index in [2.05, 4.69) is 133 Å². The predicted molar refractivity (Wildman–Crippen MR) is 211 cm³/mol. The van der Waals surface area contributed by atoms with Gasteiger partial charge in [-0.15, -0.1) is 0 Å². The second-order valence-corrected chi connectivity index (χ2v) is 16.8. The summed E-state index contributed by atoms with van der Waals surface area (Å²) in [6.07, 6.45) is 14.1. The quantitative estimate of drug-likeness (QED) is 0.118. The summed E-state index contributed by atoms with van der Waals surface area (Å²) in [6, 6.07) is 33.5. The molecule has 5 unspecified atom stereocenters. The van der Waals surface area contributed by atoms with Crippen LogP contribution in [-0.4, -0.2) is 6.71 Å². The van der Waals surface area contributed by atoms with Gasteiger partial charge in [0, 0.05) is 22.7 Å². The molecule has 9 aliphatic rings. The maximum Gasteiger partial charge on any atom is 0.252 e. The fourth-order valence-corrected chi connectivity index (χ4v) is 12.9. The highest BCUT2D eigenvalue weighted by Crippen LogP contribution is 2.69. The third-order valence-electron chi connectivity index (χ3n) is 14.6. The van der Waals surface area contributed by atoms with Gasteiger partial charge in [0.1, 0.15) is 0 Å². The average molecular weight is 675 g/mol. The second kappa shape index (κ2) is 9.63. The standard InChI is InChI=1S/C47H39BN2O2/c1-26-21-28-23-29(24-28)22-27(2)47(26)32-12-4-3-11-30(32)31-25-37-43-46(42(31)47)50-36-16-6-8-18-39(36)52-41-20-10-14-34(45(41)50)48(43)33-13-9-19-40-44(33)49(37)35-15-5-7-17-38(35)51-40/h3,5-11,13-21,25-27,29-30,32H,4,12,22-24H2,1-2H3. The molecule has 1 spiro atoms. The summed E-state index contributed by atoms with van der Waals surface area (Å²) < 4.78 is 13.6. The molecular formula is C47H39BN2O2. The predicted octanol–water partition coefficient (Wildman–Crippen LogP) is 10.3. The summed E-state index contributed by atoms with van der Waals surface area (Å²) in [4.78, 5) is 5.24. The summed E-state index contributed by atoms with van der Waals surface area (Å²) in [6.45, 7) is 5.26. The lowest BCUT2D eigenvalue weighted by Crippen LogP contribution is -2.62. The molecule has 4 aliphatic heterocycles. The number of rotatable bonds is 0. The van der Waals surface area contributed by atoms with E-state index in [0.29, 0.717) is 23.7 Å². The number of allylic oxidation sites excluding steroid dienone is 4. The molecule has 0 radical (unpaired) electrons. The summed E-state index contributed by atoms with van der Waals surface area (Å²) in [5.74, 6) is 6.44. The van der Waals surface area contributed by atoms with Crippen LogP contribution in [0, 0.1) is 23.7 Å². The Morgan fingerprint density at radius 2 is 1.37 bits per heavy atom. The van der Waals surface area contributed by atoms with Gasteiger partial charge in [-0.3, -0.25) is 0 Å². The van der Waals surface area contributed by atoms with Crippen molar-refractivity contribution in [2.75, 3.05) is 9.80 Å². The highest BCUT2D eigenvalue weighted by Gasteiger charge is 2.62. The van der Waals surface area contributed by atoms with Crippen LogP contribution in [0.4, 0.5) is 34.1 Å². The smallest absolute Gasteiger partial charge is 0.252 e. The Balaban J connectivity index is 1.23. The molecule has 1 saturated carbocycles. The Morgan fingerprint density at radius 1 is 0.712 bits per heavy atom. The van der Waals surface area contributed by atoms with Gasteiger partial charge in [-0.25, -0.2) is 0 Å². The third kappa shape index (κ3) is 3.21. The minimum absolute atomic E-state index is 0.00868. The van der Waals surface area contributed by atoms with Gasteiger partial charge in [0.25, 0.3) is 6.71 Å². The lowest BCUT2D eigenvalue weighted by Gasteiger charge is -2.54. The molecule has 4 heterocycles. The van der Waals surface area contributed by atoms with Gasteiger partial charge in [0.15, 0.2) is 23.0 Å². The molecule has 5 aromatic rings. The van der Waals surface area contributed by atoms with Crippen molar-refractivity contribution in [3.63, 3.8) is 0 Å². The van der Waals surface area contributed by atoms with Gasteiger partial charge < -0.3 is 19.3 Å². The summed E-state index contributed by atoms with van der Waals surface area (Å²) >= 11 is 0. The minimum atomic E-state index is 0.00868. The molecular weight excluding hydrogens is 635 g/mol. The summed E-state index contributed by atoms with van der Waals surface area (Å²) in [5, 5.41) is 0. The van der Waals surface area contributed by atoms with E-state index in [-0.39, 0.29) is 12.1 Å². The van der Waals surface area contributed by atoms with Crippen molar-refractivity contribution in [2.24, 2.45) is 23.7 Å². The first-order valence-electron chi connectivity index (χ1n) is 19.6. The molecule has 5 atom stereocenters. The number of benzene rings is 5. The molecule has 5 heteroatoms. The van der Waals surface area contributed by atoms with Crippen molar-refractivity contribution >= 4 is 57.2 Å². The zero-order valence-corrected chi connectivity index (χ0v) is 29.6. The van der Waals surface area contributed by atoms with Crippen molar-refractivity contribution < 1.29 is 9.47 Å². The fourth-order valence-electron chi connectivity index (χ4n) is 12.9. The molecule has 0 N–H and O–H groups in total. The van der Waals surface area contributed by atoms with E-state index in [9.17, 15) is 0 Å². The van der Waals surface area contributed by atoms with E-state index in [1.807, 2.05) is 0 Å². The Morgan fingerprint density at radius 3 is 2.10 bits per heavy atom. The van der Waals surface area contributed by atoms with E-state index in [1.54, 1.807) is 11.1 Å². The lowest BCUT2D eigenvalue weighted by atomic mass is 9.33. The Kier molecular flexibility index (Phi) is 5.27. The zero-order valence-electron chi connectivity index (χ0n) is 29.6. The first-order valence-corrected chi connectivity index (χ1v) is 19.6. The van der Waals surface area contributed by atoms with Crippen molar-refractivity contribution in [2.45, 2.75) is 57.3 Å². The van der Waals surface area contributed by atoms with Crippen molar-refractivity contribution in [1.29, 1.82) is 0 Å². The number of nitrogens with zero attached hydrogens (tertiary/aromatic N) is 2. The Labute approximate surface area is 305 Å². The molecule has 14 rings (SSSR count). The zero-order chi connectivity index (χ0) is 34.0. The van der Waals surface area contributed by atoms with E-state index in [1.165, 1.54) is 70.4 Å². The molecule has 0 amide bonds. The van der Waals surface area contributed by atoms with Crippen LogP contribution in [0.15, 0.2) is 115 Å². The molecule has 5 aliphatic carbocycles. The molecule has 1 fully saturated rings. The van der Waals surface area contributed by atoms with Gasteiger partial charge in [-0.05, 0) is 126 Å². The van der Waals surface area contributed by atoms with Crippen LogP contribution in [0.25, 0.3) is 0 Å². The van der Waals surface area contributed by atoms with Gasteiger partial charge in [0.2, 0.25) is 0 Å². The summed E-state index contributed by atoms with van der Waals surface area (Å²) in [7, 11) is 0. The van der Waals surface area contributed by atoms with Crippen LogP contribution in [0.3, 0.4) is 0 Å². The van der Waals surface area contributed by atoms with E-state index < -0.39 is 0 Å². The molecule has 252 valence electrons. The van der Waals surface area contributed by atoms with Crippen molar-refractivity contribution in [1.82, 2.24) is 0 Å². The van der Waals surface area contributed by atoms with Gasteiger partial charge in [-0.1, -0.05) is 86.2 Å². The third-order valence-corrected chi connectivity index (χ3v) is 14.6. The molecule has 5 aromatic carbocycles. The highest BCUT2D eigenvalue weighted by atomic mass is 16.5. The van der Waals surface area contributed by atoms with E-state index in [0.717, 1.165) is 46.7 Å². The molecule has 4 nitrogen and oxygen atoms in total. The second-order valence-electron chi connectivity index (χ2n) is 16.8. The number of anilines is 6. The van der Waals surface area contributed by atoms with Crippen LogP contribution in [-0.2, 0) is 5.41 Å². The number of hydrogen-bond donors (Lipinski definition) is 0. The normalized spacial score (nSPS) is 28.3. The largest absolute Gasteiger partial charge is 0.453 e. The lowest BCUT2D eigenvalue weighted by molar-refractivity contribution is 0.0948. The number of hydrogen-bond acceptors (Lipinski definition) is 4. The molecule has 0 aromatic heterocycles. The van der Waals surface area contributed by atoms with Crippen molar-refractivity contribution in [3.8, 4) is 23.0 Å². The van der Waals surface area contributed by atoms with E-state index in [4.69, 9.17) is 9.47 Å². The maximum atomic E-state index is 6.84. The maximum absolute atomic E-state index is 6.84. The van der Waals surface area contributed by atoms with E-state index >= 15 is 0 Å². The molecule has 2 bridgehead atoms. The van der Waals surface area contributed by atoms with Crippen LogP contribution in [0.1, 0.15) is 63.0 Å². The van der Waals surface area contributed by atoms with Crippen LogP contribution < -0.4 is 35.7 Å². The SMILES string of the molecule is CC1C=C2CC(C2)CC(C)C12c1c(cc3c4c1N1c5ccccc5Oc5cccc(c51)B4c1cccc4c1N3c1ccccc1O4)C1C=CCCC12. The van der Waals surface area contributed by atoms with Gasteiger partial charge in [-0.2, -0.15) is 0 Å². The first kappa shape index (κ1) is 28.4. The highest BCUT2D eigenvalue weighted by molar-refractivity contribution is 7.00. The Hall–Kier alpha value is -5.16. The van der Waals surface area contributed by atoms with Gasteiger partial charge in [0.05, 0.1) is 22.7 Å². The molecule has 0 saturated heterocycles. The Bertz CT molecular complexity index is 2500. The van der Waals surface area contributed by atoms with Crippen LogP contribution in [0.5, 0.6) is 23.0 Å². The average Bonchev–Trinajstić information content (AvgIpc) is 3.46. The molecule has 52 heavy (non-hydrogen) atoms. The van der Waals surface area contributed by atoms with Crippen molar-refractivity contribution in [3.05, 3.63) is 126 Å². The summed E-state index contributed by atoms with van der Waals surface area (Å²) in [5.41, 5.74) is 16.3. The van der Waals surface area contributed by atoms with Crippen LogP contribution in [0.2, 0.25) is 0 Å². The number of para-hydroxylation sites is 6. The number of fused-ring (bicyclic) bond motifs is 14. The fraction of sp³-hybridized carbons (Fsp3) is 0.277. The minimum Gasteiger partial charge on any atom is -0.453 e. The van der Waals surface area contributed by atoms with Gasteiger partial charge >= 0.3 is 0 Å². The monoisotopic (exact) mass is 674 g/mol. The topological polar surface area (TPSA) is 24.9 Å². The first-order chi connectivity index (χ1) is 25.6. The number of ether oxygens (including phenoxy) is 2. The van der Waals surface area contributed by atoms with Crippen LogP contribution >= 0.6 is 0 Å².